The molecule has 0 atom stereocenters. The van der Waals surface area contributed by atoms with Gasteiger partial charge in [-0.3, -0.25) is 0 Å². The molecule has 0 saturated carbocycles. The Morgan fingerprint density at radius 3 is 2.50 bits per heavy atom. The molecular weight excluding hydrogens is 258 g/mol. The summed E-state index contributed by atoms with van der Waals surface area (Å²) in [5, 5.41) is 0. The summed E-state index contributed by atoms with van der Waals surface area (Å²) in [4.78, 5) is 3.30. The Morgan fingerprint density at radius 1 is 1.30 bits per heavy atom. The van der Waals surface area contributed by atoms with Gasteiger partial charge >= 0.3 is 0 Å². The number of halogens is 2. The highest BCUT2D eigenvalue weighted by molar-refractivity contribution is 9.11. The minimum absolute atomic E-state index is 0.634. The molecule has 0 fully saturated rings. The first-order valence-electron chi connectivity index (χ1n) is 2.56. The molecule has 1 nitrogen and oxygen atoms in total. The summed E-state index contributed by atoms with van der Waals surface area (Å²) in [6.07, 6.45) is 0. The van der Waals surface area contributed by atoms with Gasteiger partial charge in [-0.15, -0.1) is 0 Å². The molecule has 0 heterocycles. The minimum atomic E-state index is 0.634. The molecular formula is C7H3Br2N. The average Bonchev–Trinajstić information content (AvgIpc) is 1.94. The van der Waals surface area contributed by atoms with Crippen LogP contribution in [0.4, 0.5) is 5.69 Å². The van der Waals surface area contributed by atoms with E-state index in [1.807, 2.05) is 12.1 Å². The van der Waals surface area contributed by atoms with Crippen LogP contribution in [-0.2, 0) is 0 Å². The summed E-state index contributed by atoms with van der Waals surface area (Å²) >= 11 is 6.53. The van der Waals surface area contributed by atoms with E-state index in [2.05, 4.69) is 36.7 Å². The maximum Gasteiger partial charge on any atom is 0.202 e. The van der Waals surface area contributed by atoms with E-state index in [-0.39, 0.29) is 0 Å². The summed E-state index contributed by atoms with van der Waals surface area (Å²) in [7, 11) is 0. The summed E-state index contributed by atoms with van der Waals surface area (Å²) in [5.41, 5.74) is 0.634. The molecule has 0 aliphatic carbocycles. The number of hydrogen-bond donors (Lipinski definition) is 0. The molecule has 0 aromatic heterocycles. The van der Waals surface area contributed by atoms with Crippen LogP contribution in [-0.4, -0.2) is 0 Å². The van der Waals surface area contributed by atoms with E-state index >= 15 is 0 Å². The van der Waals surface area contributed by atoms with Crippen molar-refractivity contribution in [2.75, 3.05) is 0 Å². The van der Waals surface area contributed by atoms with E-state index in [9.17, 15) is 0 Å². The van der Waals surface area contributed by atoms with Gasteiger partial charge in [-0.2, -0.15) is 0 Å². The van der Waals surface area contributed by atoms with E-state index in [1.165, 1.54) is 0 Å². The summed E-state index contributed by atoms with van der Waals surface area (Å²) in [6.45, 7) is 6.76. The third kappa shape index (κ3) is 1.59. The van der Waals surface area contributed by atoms with Crippen molar-refractivity contribution in [3.05, 3.63) is 38.6 Å². The monoisotopic (exact) mass is 259 g/mol. The lowest BCUT2D eigenvalue weighted by Gasteiger charge is -1.93. The largest absolute Gasteiger partial charge is 0.237 e. The standard InChI is InChI=1S/C7H3Br2N/c1-10-7-4-5(8)2-3-6(7)9/h2-4H. The molecule has 1 aromatic carbocycles. The summed E-state index contributed by atoms with van der Waals surface area (Å²) in [5.74, 6) is 0. The van der Waals surface area contributed by atoms with Crippen molar-refractivity contribution < 1.29 is 0 Å². The molecule has 0 aliphatic heterocycles. The van der Waals surface area contributed by atoms with Gasteiger partial charge in [0, 0.05) is 8.95 Å². The van der Waals surface area contributed by atoms with E-state index in [0.717, 1.165) is 8.95 Å². The fourth-order valence-electron chi connectivity index (χ4n) is 0.571. The van der Waals surface area contributed by atoms with Crippen LogP contribution in [0.1, 0.15) is 0 Å². The molecule has 0 N–H and O–H groups in total. The Balaban J connectivity index is 3.25. The zero-order valence-electron chi connectivity index (χ0n) is 4.94. The van der Waals surface area contributed by atoms with Gasteiger partial charge in [0.2, 0.25) is 5.69 Å². The SMILES string of the molecule is [C-]#[N+]c1cc(Br)ccc1Br. The Labute approximate surface area is 76.1 Å². The molecule has 1 rings (SSSR count). The second kappa shape index (κ2) is 3.18. The van der Waals surface area contributed by atoms with Crippen molar-refractivity contribution in [2.45, 2.75) is 0 Å². The van der Waals surface area contributed by atoms with E-state index in [4.69, 9.17) is 6.57 Å². The van der Waals surface area contributed by atoms with Gasteiger partial charge in [0.1, 0.15) is 0 Å². The lowest BCUT2D eigenvalue weighted by molar-refractivity contribution is 1.62. The predicted octanol–water partition coefficient (Wildman–Crippen LogP) is 3.76. The number of hydrogen-bond acceptors (Lipinski definition) is 0. The molecule has 10 heavy (non-hydrogen) atoms. The van der Waals surface area contributed by atoms with Crippen LogP contribution < -0.4 is 0 Å². The topological polar surface area (TPSA) is 4.36 Å². The van der Waals surface area contributed by atoms with Crippen molar-refractivity contribution in [3.63, 3.8) is 0 Å². The number of benzene rings is 1. The van der Waals surface area contributed by atoms with E-state index in [1.54, 1.807) is 6.07 Å². The van der Waals surface area contributed by atoms with Crippen molar-refractivity contribution in [2.24, 2.45) is 0 Å². The van der Waals surface area contributed by atoms with Gasteiger partial charge in [0.25, 0.3) is 0 Å². The van der Waals surface area contributed by atoms with Crippen LogP contribution >= 0.6 is 31.9 Å². The van der Waals surface area contributed by atoms with Crippen LogP contribution in [0, 0.1) is 6.57 Å². The van der Waals surface area contributed by atoms with Gasteiger partial charge in [-0.25, -0.2) is 4.85 Å². The molecule has 3 heteroatoms. The molecule has 0 unspecified atom stereocenters. The first kappa shape index (κ1) is 7.77. The number of nitrogens with zero attached hydrogens (tertiary/aromatic N) is 1. The molecule has 0 saturated heterocycles. The van der Waals surface area contributed by atoms with Gasteiger partial charge in [0.05, 0.1) is 6.57 Å². The highest BCUT2D eigenvalue weighted by Crippen LogP contribution is 2.28. The lowest BCUT2D eigenvalue weighted by Crippen LogP contribution is -1.65. The molecule has 50 valence electrons. The van der Waals surface area contributed by atoms with Crippen molar-refractivity contribution in [1.82, 2.24) is 0 Å². The Hall–Kier alpha value is -0.330. The van der Waals surface area contributed by atoms with Gasteiger partial charge in [-0.1, -0.05) is 37.9 Å². The van der Waals surface area contributed by atoms with Gasteiger partial charge < -0.3 is 0 Å². The zero-order chi connectivity index (χ0) is 7.56. The fourth-order valence-corrected chi connectivity index (χ4v) is 1.26. The molecule has 0 amide bonds. The Morgan fingerprint density at radius 2 is 2.00 bits per heavy atom. The molecule has 0 spiro atoms. The third-order valence-corrected chi connectivity index (χ3v) is 2.19. The van der Waals surface area contributed by atoms with Gasteiger partial charge in [-0.05, 0) is 12.1 Å². The average molecular weight is 261 g/mol. The van der Waals surface area contributed by atoms with Crippen molar-refractivity contribution in [1.29, 1.82) is 0 Å². The second-order valence-electron chi connectivity index (χ2n) is 1.71. The quantitative estimate of drug-likeness (QED) is 0.626. The normalized spacial score (nSPS) is 8.90. The van der Waals surface area contributed by atoms with Crippen molar-refractivity contribution >= 4 is 37.5 Å². The smallest absolute Gasteiger partial charge is 0.202 e. The van der Waals surface area contributed by atoms with Crippen LogP contribution in [0.15, 0.2) is 27.1 Å². The first-order valence-corrected chi connectivity index (χ1v) is 4.15. The highest BCUT2D eigenvalue weighted by Gasteiger charge is 1.97. The third-order valence-electron chi connectivity index (χ3n) is 1.03. The van der Waals surface area contributed by atoms with Crippen LogP contribution in [0.5, 0.6) is 0 Å². The van der Waals surface area contributed by atoms with E-state index < -0.39 is 0 Å². The summed E-state index contributed by atoms with van der Waals surface area (Å²) < 4.78 is 1.77. The predicted molar refractivity (Wildman–Crippen MR) is 48.1 cm³/mol. The minimum Gasteiger partial charge on any atom is -0.237 e. The fraction of sp³-hybridized carbons (Fsp3) is 0. The first-order chi connectivity index (χ1) is 4.74. The van der Waals surface area contributed by atoms with Crippen LogP contribution in [0.25, 0.3) is 4.85 Å². The van der Waals surface area contributed by atoms with E-state index in [0.29, 0.717) is 5.69 Å². The molecule has 0 aliphatic rings. The molecule has 0 bridgehead atoms. The maximum absolute atomic E-state index is 6.76. The second-order valence-corrected chi connectivity index (χ2v) is 3.48. The van der Waals surface area contributed by atoms with Crippen LogP contribution in [0.2, 0.25) is 0 Å². The molecule has 1 aromatic rings. The Kier molecular flexibility index (Phi) is 2.47. The maximum atomic E-state index is 6.76. The zero-order valence-corrected chi connectivity index (χ0v) is 8.11. The molecule has 0 radical (unpaired) electrons. The number of rotatable bonds is 0. The Bertz CT molecular complexity index is 288. The lowest BCUT2D eigenvalue weighted by atomic mass is 10.3. The summed E-state index contributed by atoms with van der Waals surface area (Å²) in [6, 6.07) is 5.51. The highest BCUT2D eigenvalue weighted by atomic mass is 79.9. The van der Waals surface area contributed by atoms with Gasteiger partial charge in [0.15, 0.2) is 0 Å². The van der Waals surface area contributed by atoms with Crippen molar-refractivity contribution in [3.8, 4) is 0 Å². The van der Waals surface area contributed by atoms with Crippen LogP contribution in [0.3, 0.4) is 0 Å².